The molecule has 0 saturated carbocycles. The number of carbonyl (C=O) groups excluding carboxylic acids is 3. The average Bonchev–Trinajstić information content (AvgIpc) is 3.19. The minimum Gasteiger partial charge on any atom is -0.465 e. The van der Waals surface area contributed by atoms with Gasteiger partial charge in [-0.1, -0.05) is 13.3 Å². The Bertz CT molecular complexity index is 975. The van der Waals surface area contributed by atoms with Crippen molar-refractivity contribution in [3.05, 3.63) is 41.0 Å². The zero-order valence-corrected chi connectivity index (χ0v) is 19.3. The molecule has 0 atom stereocenters. The fraction of sp³-hybridized carbons (Fsp3) is 0.500. The molecule has 0 spiro atoms. The van der Waals surface area contributed by atoms with Gasteiger partial charge in [-0.25, -0.2) is 4.79 Å². The molecule has 3 heterocycles. The molecule has 0 unspecified atom stereocenters. The topological polar surface area (TPSA) is 115 Å². The van der Waals surface area contributed by atoms with Crippen LogP contribution in [0.25, 0.3) is 0 Å². The number of pyridine rings is 1. The van der Waals surface area contributed by atoms with Crippen LogP contribution in [0.5, 0.6) is 0 Å². The van der Waals surface area contributed by atoms with Crippen molar-refractivity contribution in [2.75, 3.05) is 19.4 Å². The van der Waals surface area contributed by atoms with Gasteiger partial charge in [0, 0.05) is 24.2 Å². The van der Waals surface area contributed by atoms with E-state index >= 15 is 0 Å². The Balaban J connectivity index is 1.61. The van der Waals surface area contributed by atoms with Crippen molar-refractivity contribution >= 4 is 29.5 Å². The summed E-state index contributed by atoms with van der Waals surface area (Å²) in [4.78, 5) is 41.8. The molecule has 0 saturated heterocycles. The van der Waals surface area contributed by atoms with Crippen LogP contribution in [0.2, 0.25) is 0 Å². The molecule has 0 aliphatic carbocycles. The van der Waals surface area contributed by atoms with Crippen LogP contribution in [0.3, 0.4) is 0 Å². The third-order valence-corrected chi connectivity index (χ3v) is 6.15. The minimum atomic E-state index is -0.439. The number of methoxy groups -OCH3 is 1. The first-order valence-electron chi connectivity index (χ1n) is 10.8. The van der Waals surface area contributed by atoms with E-state index in [0.29, 0.717) is 17.8 Å². The van der Waals surface area contributed by atoms with Crippen LogP contribution in [0, 0.1) is 0 Å². The third kappa shape index (κ3) is 6.09. The molecular formula is C22H29N5O4S. The summed E-state index contributed by atoms with van der Waals surface area (Å²) in [6, 6.07) is 3.41. The van der Waals surface area contributed by atoms with Gasteiger partial charge in [0.1, 0.15) is 11.3 Å². The van der Waals surface area contributed by atoms with E-state index in [1.165, 1.54) is 18.9 Å². The lowest BCUT2D eigenvalue weighted by molar-refractivity contribution is -0.118. The Hall–Kier alpha value is -2.88. The molecular weight excluding hydrogens is 430 g/mol. The Morgan fingerprint density at radius 1 is 1.25 bits per heavy atom. The number of thioether (sulfide) groups is 1. The second-order valence-electron chi connectivity index (χ2n) is 7.49. The van der Waals surface area contributed by atoms with Crippen molar-refractivity contribution in [3.63, 3.8) is 0 Å². The van der Waals surface area contributed by atoms with Gasteiger partial charge in [-0.2, -0.15) is 5.10 Å². The number of esters is 1. The lowest BCUT2D eigenvalue weighted by atomic mass is 10.0. The fourth-order valence-electron chi connectivity index (χ4n) is 3.49. The number of ether oxygens (including phenoxy) is 1. The highest BCUT2D eigenvalue weighted by atomic mass is 32.2. The third-order valence-electron chi connectivity index (χ3n) is 5.16. The number of amides is 2. The van der Waals surface area contributed by atoms with Crippen LogP contribution in [-0.4, -0.2) is 52.0 Å². The maximum Gasteiger partial charge on any atom is 0.341 e. The second kappa shape index (κ2) is 11.7. The predicted molar refractivity (Wildman–Crippen MR) is 121 cm³/mol. The number of hydrogen-bond donors (Lipinski definition) is 2. The molecule has 0 fully saturated rings. The van der Waals surface area contributed by atoms with Gasteiger partial charge >= 0.3 is 5.97 Å². The van der Waals surface area contributed by atoms with Crippen LogP contribution >= 0.6 is 11.8 Å². The molecule has 0 bridgehead atoms. The summed E-state index contributed by atoms with van der Waals surface area (Å²) < 4.78 is 6.76. The standard InChI is InChI=1S/C22H29N5O4S/c1-3-4-9-24-19(28)14-32-15-8-10-23-16(12-15)21(29)25-13-17-20(22(30)31-2)18-7-5-6-11-27(18)26-17/h8,10,12H,3-7,9,11,13-14H2,1-2H3,(H,24,28)(H,25,29). The normalized spacial score (nSPS) is 12.7. The lowest BCUT2D eigenvalue weighted by Gasteiger charge is -2.13. The molecule has 1 aliphatic heterocycles. The van der Waals surface area contributed by atoms with E-state index in [1.807, 2.05) is 4.68 Å². The highest BCUT2D eigenvalue weighted by Crippen LogP contribution is 2.23. The largest absolute Gasteiger partial charge is 0.465 e. The summed E-state index contributed by atoms with van der Waals surface area (Å²) in [5.74, 6) is -0.574. The number of aryl methyl sites for hydroxylation is 1. The van der Waals surface area contributed by atoms with Crippen LogP contribution in [0.1, 0.15) is 64.8 Å². The van der Waals surface area contributed by atoms with Gasteiger partial charge in [0.25, 0.3) is 5.91 Å². The van der Waals surface area contributed by atoms with Crippen molar-refractivity contribution < 1.29 is 19.1 Å². The smallest absolute Gasteiger partial charge is 0.341 e. The maximum absolute atomic E-state index is 12.7. The van der Waals surface area contributed by atoms with Crippen LogP contribution < -0.4 is 10.6 Å². The molecule has 9 nitrogen and oxygen atoms in total. The summed E-state index contributed by atoms with van der Waals surface area (Å²) in [5, 5.41) is 10.2. The Labute approximate surface area is 191 Å². The second-order valence-corrected chi connectivity index (χ2v) is 8.54. The van der Waals surface area contributed by atoms with Crippen molar-refractivity contribution in [1.29, 1.82) is 0 Å². The summed E-state index contributed by atoms with van der Waals surface area (Å²) >= 11 is 1.35. The molecule has 32 heavy (non-hydrogen) atoms. The Morgan fingerprint density at radius 2 is 2.09 bits per heavy atom. The zero-order chi connectivity index (χ0) is 22.9. The van der Waals surface area contributed by atoms with E-state index in [2.05, 4.69) is 27.6 Å². The Kier molecular flexibility index (Phi) is 8.66. The number of hydrogen-bond acceptors (Lipinski definition) is 7. The zero-order valence-electron chi connectivity index (χ0n) is 18.5. The van der Waals surface area contributed by atoms with Gasteiger partial charge in [-0.3, -0.25) is 19.3 Å². The molecule has 2 aromatic rings. The van der Waals surface area contributed by atoms with E-state index in [4.69, 9.17) is 4.74 Å². The molecule has 3 rings (SSSR count). The van der Waals surface area contributed by atoms with E-state index in [0.717, 1.165) is 49.2 Å². The quantitative estimate of drug-likeness (QED) is 0.318. The first-order chi connectivity index (χ1) is 15.5. The molecule has 2 amide bonds. The maximum atomic E-state index is 12.7. The first kappa shape index (κ1) is 23.8. The number of aromatic nitrogens is 3. The average molecular weight is 460 g/mol. The van der Waals surface area contributed by atoms with E-state index in [1.54, 1.807) is 18.3 Å². The lowest BCUT2D eigenvalue weighted by Crippen LogP contribution is -2.26. The van der Waals surface area contributed by atoms with E-state index < -0.39 is 5.97 Å². The summed E-state index contributed by atoms with van der Waals surface area (Å²) in [7, 11) is 1.34. The molecule has 2 aromatic heterocycles. The Morgan fingerprint density at radius 3 is 2.88 bits per heavy atom. The molecule has 1 aliphatic rings. The SMILES string of the molecule is CCCCNC(=O)CSc1ccnc(C(=O)NCc2nn3c(c2C(=O)OC)CCCC3)c1. The monoisotopic (exact) mass is 459 g/mol. The highest BCUT2D eigenvalue weighted by Gasteiger charge is 2.26. The van der Waals surface area contributed by atoms with Crippen molar-refractivity contribution in [3.8, 4) is 0 Å². The van der Waals surface area contributed by atoms with Crippen LogP contribution in [0.4, 0.5) is 0 Å². The number of fused-ring (bicyclic) bond motifs is 1. The van der Waals surface area contributed by atoms with Crippen molar-refractivity contribution in [2.24, 2.45) is 0 Å². The molecule has 0 aromatic carbocycles. The van der Waals surface area contributed by atoms with Gasteiger partial charge < -0.3 is 15.4 Å². The summed E-state index contributed by atoms with van der Waals surface area (Å²) in [6.07, 6.45) is 6.28. The van der Waals surface area contributed by atoms with Gasteiger partial charge in [0.15, 0.2) is 0 Å². The van der Waals surface area contributed by atoms with Gasteiger partial charge in [0.2, 0.25) is 5.91 Å². The number of rotatable bonds is 10. The van der Waals surface area contributed by atoms with Gasteiger partial charge in [-0.05, 0) is 37.8 Å². The van der Waals surface area contributed by atoms with Crippen LogP contribution in [0.15, 0.2) is 23.2 Å². The van der Waals surface area contributed by atoms with E-state index in [-0.39, 0.29) is 29.8 Å². The highest BCUT2D eigenvalue weighted by molar-refractivity contribution is 8.00. The number of unbranched alkanes of at least 4 members (excludes halogenated alkanes) is 1. The van der Waals surface area contributed by atoms with Gasteiger partial charge in [-0.15, -0.1) is 11.8 Å². The van der Waals surface area contributed by atoms with E-state index in [9.17, 15) is 14.4 Å². The minimum absolute atomic E-state index is 0.0367. The molecule has 2 N–H and O–H groups in total. The predicted octanol–water partition coefficient (Wildman–Crippen LogP) is 2.34. The number of nitrogens with zero attached hydrogens (tertiary/aromatic N) is 3. The van der Waals surface area contributed by atoms with Crippen molar-refractivity contribution in [1.82, 2.24) is 25.4 Å². The molecule has 172 valence electrons. The number of carbonyl (C=O) groups is 3. The van der Waals surface area contributed by atoms with Crippen LogP contribution in [-0.2, 0) is 29.0 Å². The number of nitrogens with one attached hydrogen (secondary N) is 2. The fourth-order valence-corrected chi connectivity index (χ4v) is 4.24. The summed E-state index contributed by atoms with van der Waals surface area (Å²) in [5.41, 5.74) is 2.04. The van der Waals surface area contributed by atoms with Crippen molar-refractivity contribution in [2.45, 2.75) is 57.0 Å². The summed E-state index contributed by atoms with van der Waals surface area (Å²) in [6.45, 7) is 3.59. The molecule has 0 radical (unpaired) electrons. The van der Waals surface area contributed by atoms with Gasteiger partial charge in [0.05, 0.1) is 30.8 Å². The first-order valence-corrected chi connectivity index (χ1v) is 11.8. The molecule has 10 heteroatoms.